The molecule has 0 saturated carbocycles. The van der Waals surface area contributed by atoms with Crippen molar-refractivity contribution in [3.8, 4) is 0 Å². The number of likely N-dealkylation sites (tertiary alicyclic amines) is 1. The van der Waals surface area contributed by atoms with Gasteiger partial charge in [-0.25, -0.2) is 0 Å². The highest BCUT2D eigenvalue weighted by Gasteiger charge is 2.28. The molecule has 0 radical (unpaired) electrons. The summed E-state index contributed by atoms with van der Waals surface area (Å²) in [5.74, 6) is -0.310. The van der Waals surface area contributed by atoms with Crippen molar-refractivity contribution in [2.75, 3.05) is 26.2 Å². The number of carbonyl (C=O) groups excluding carboxylic acids is 2. The summed E-state index contributed by atoms with van der Waals surface area (Å²) in [5.41, 5.74) is 2.60. The monoisotopic (exact) mass is 280 g/mol. The van der Waals surface area contributed by atoms with Crippen LogP contribution in [0.2, 0.25) is 0 Å². The summed E-state index contributed by atoms with van der Waals surface area (Å²) in [7, 11) is 0. The van der Waals surface area contributed by atoms with E-state index in [1.54, 1.807) is 0 Å². The van der Waals surface area contributed by atoms with E-state index in [0.717, 1.165) is 25.8 Å². The fourth-order valence-electron chi connectivity index (χ4n) is 2.73. The second-order valence-electron chi connectivity index (χ2n) is 5.90. The van der Waals surface area contributed by atoms with E-state index in [4.69, 9.17) is 0 Å². The van der Waals surface area contributed by atoms with E-state index in [-0.39, 0.29) is 18.4 Å². The first kappa shape index (κ1) is 15.0. The quantitative estimate of drug-likeness (QED) is 0.765. The molecule has 2 aliphatic heterocycles. The molecule has 0 bridgehead atoms. The summed E-state index contributed by atoms with van der Waals surface area (Å²) in [6.45, 7) is 6.22. The highest BCUT2D eigenvalue weighted by atomic mass is 16.3. The second kappa shape index (κ2) is 6.39. The molecule has 1 unspecified atom stereocenters. The van der Waals surface area contributed by atoms with Crippen LogP contribution in [0.25, 0.3) is 0 Å². The molecule has 0 aromatic rings. The molecule has 1 atom stereocenters. The molecule has 0 aliphatic carbocycles. The number of hydrogen-bond donors (Lipinski definition) is 1. The largest absolute Gasteiger partial charge is 0.383 e. The van der Waals surface area contributed by atoms with Crippen LogP contribution in [0.3, 0.4) is 0 Å². The molecule has 2 aliphatic rings. The Balaban J connectivity index is 1.95. The Morgan fingerprint density at radius 1 is 1.25 bits per heavy atom. The van der Waals surface area contributed by atoms with Gasteiger partial charge in [-0.05, 0) is 39.5 Å². The molecular weight excluding hydrogens is 256 g/mol. The minimum atomic E-state index is -0.935. The van der Waals surface area contributed by atoms with Crippen LogP contribution >= 0.6 is 0 Å². The van der Waals surface area contributed by atoms with Crippen LogP contribution in [0, 0.1) is 0 Å². The van der Waals surface area contributed by atoms with Gasteiger partial charge in [-0.15, -0.1) is 0 Å². The van der Waals surface area contributed by atoms with Crippen LogP contribution in [0.15, 0.2) is 11.1 Å². The highest BCUT2D eigenvalue weighted by molar-refractivity contribution is 5.87. The molecule has 1 N–H and O–H groups in total. The molecule has 20 heavy (non-hydrogen) atoms. The molecular formula is C15H24N2O3. The third kappa shape index (κ3) is 3.39. The fraction of sp³-hybridized carbons (Fsp3) is 0.733. The summed E-state index contributed by atoms with van der Waals surface area (Å²) < 4.78 is 0. The number of rotatable bonds is 2. The van der Waals surface area contributed by atoms with Gasteiger partial charge in [0.25, 0.3) is 5.91 Å². The van der Waals surface area contributed by atoms with E-state index < -0.39 is 6.10 Å². The minimum absolute atomic E-state index is 0.0145. The van der Waals surface area contributed by atoms with Crippen LogP contribution in [-0.4, -0.2) is 59.0 Å². The van der Waals surface area contributed by atoms with Gasteiger partial charge in [-0.1, -0.05) is 11.1 Å². The Bertz CT molecular complexity index is 431. The third-order valence-corrected chi connectivity index (χ3v) is 4.34. The summed E-state index contributed by atoms with van der Waals surface area (Å²) in [6, 6.07) is 0. The van der Waals surface area contributed by atoms with Crippen LogP contribution in [0.4, 0.5) is 0 Å². The summed E-state index contributed by atoms with van der Waals surface area (Å²) in [4.78, 5) is 27.6. The molecule has 2 rings (SSSR count). The van der Waals surface area contributed by atoms with E-state index in [1.807, 2.05) is 4.90 Å². The van der Waals surface area contributed by atoms with Crippen LogP contribution in [0.5, 0.6) is 0 Å². The summed E-state index contributed by atoms with van der Waals surface area (Å²) >= 11 is 0. The van der Waals surface area contributed by atoms with E-state index in [0.29, 0.717) is 19.5 Å². The lowest BCUT2D eigenvalue weighted by molar-refractivity contribution is -0.145. The molecule has 5 nitrogen and oxygen atoms in total. The molecule has 1 saturated heterocycles. The van der Waals surface area contributed by atoms with Gasteiger partial charge in [0.15, 0.2) is 0 Å². The van der Waals surface area contributed by atoms with Crippen molar-refractivity contribution in [1.29, 1.82) is 0 Å². The molecule has 2 heterocycles. The topological polar surface area (TPSA) is 60.9 Å². The number of hydrogen-bond acceptors (Lipinski definition) is 3. The molecule has 0 aromatic heterocycles. The van der Waals surface area contributed by atoms with Gasteiger partial charge in [0.1, 0.15) is 6.10 Å². The zero-order valence-electron chi connectivity index (χ0n) is 12.4. The van der Waals surface area contributed by atoms with Gasteiger partial charge in [-0.2, -0.15) is 0 Å². The summed E-state index contributed by atoms with van der Waals surface area (Å²) in [6.07, 6.45) is 2.18. The standard InChI is InChI=1S/C15H24N2O3/c1-11-6-8-16(9-12(11)2)14(19)10-17-7-4-3-5-13(18)15(17)20/h13,18H,3-10H2,1-2H3. The number of nitrogens with zero attached hydrogens (tertiary/aromatic N) is 2. The van der Waals surface area contributed by atoms with E-state index in [1.165, 1.54) is 16.0 Å². The minimum Gasteiger partial charge on any atom is -0.383 e. The van der Waals surface area contributed by atoms with Gasteiger partial charge >= 0.3 is 0 Å². The number of aliphatic hydroxyl groups excluding tert-OH is 1. The van der Waals surface area contributed by atoms with Crippen molar-refractivity contribution >= 4 is 11.8 Å². The zero-order chi connectivity index (χ0) is 14.7. The maximum absolute atomic E-state index is 12.3. The third-order valence-electron chi connectivity index (χ3n) is 4.34. The molecule has 2 amide bonds. The van der Waals surface area contributed by atoms with Crippen molar-refractivity contribution in [2.24, 2.45) is 0 Å². The van der Waals surface area contributed by atoms with E-state index in [2.05, 4.69) is 13.8 Å². The van der Waals surface area contributed by atoms with Gasteiger partial charge in [-0.3, -0.25) is 9.59 Å². The maximum Gasteiger partial charge on any atom is 0.251 e. The molecule has 0 aromatic carbocycles. The van der Waals surface area contributed by atoms with Crippen molar-refractivity contribution < 1.29 is 14.7 Å². The average molecular weight is 280 g/mol. The molecule has 1 fully saturated rings. The first-order chi connectivity index (χ1) is 9.49. The number of carbonyl (C=O) groups is 2. The lowest BCUT2D eigenvalue weighted by atomic mass is 10.0. The molecule has 112 valence electrons. The van der Waals surface area contributed by atoms with Crippen LogP contribution in [-0.2, 0) is 9.59 Å². The van der Waals surface area contributed by atoms with Crippen molar-refractivity contribution in [3.05, 3.63) is 11.1 Å². The van der Waals surface area contributed by atoms with Gasteiger partial charge < -0.3 is 14.9 Å². The van der Waals surface area contributed by atoms with Gasteiger partial charge in [0, 0.05) is 19.6 Å². The van der Waals surface area contributed by atoms with Crippen LogP contribution < -0.4 is 0 Å². The second-order valence-corrected chi connectivity index (χ2v) is 5.90. The fourth-order valence-corrected chi connectivity index (χ4v) is 2.73. The lowest BCUT2D eigenvalue weighted by Gasteiger charge is -2.31. The average Bonchev–Trinajstić information content (AvgIpc) is 2.57. The highest BCUT2D eigenvalue weighted by Crippen LogP contribution is 2.18. The maximum atomic E-state index is 12.3. The zero-order valence-corrected chi connectivity index (χ0v) is 12.4. The normalized spacial score (nSPS) is 24.9. The van der Waals surface area contributed by atoms with E-state index in [9.17, 15) is 14.7 Å². The molecule has 5 heteroatoms. The Labute approximate surface area is 120 Å². The van der Waals surface area contributed by atoms with E-state index >= 15 is 0 Å². The SMILES string of the molecule is CC1=C(C)CN(C(=O)CN2CCCCC(O)C2=O)CC1. The van der Waals surface area contributed by atoms with Gasteiger partial charge in [0.2, 0.25) is 5.91 Å². The van der Waals surface area contributed by atoms with Crippen LogP contribution in [0.1, 0.15) is 39.5 Å². The molecule has 0 spiro atoms. The Morgan fingerprint density at radius 3 is 2.70 bits per heavy atom. The summed E-state index contributed by atoms with van der Waals surface area (Å²) in [5, 5.41) is 9.70. The predicted molar refractivity (Wildman–Crippen MR) is 76.0 cm³/mol. The van der Waals surface area contributed by atoms with Crippen molar-refractivity contribution in [2.45, 2.75) is 45.6 Å². The smallest absolute Gasteiger partial charge is 0.251 e. The van der Waals surface area contributed by atoms with Gasteiger partial charge in [0.05, 0.1) is 6.54 Å². The number of aliphatic hydroxyl groups is 1. The predicted octanol–water partition coefficient (Wildman–Crippen LogP) is 0.929. The lowest BCUT2D eigenvalue weighted by Crippen LogP contribution is -2.47. The first-order valence-corrected chi connectivity index (χ1v) is 7.39. The van der Waals surface area contributed by atoms with Crippen molar-refractivity contribution in [1.82, 2.24) is 9.80 Å². The Morgan fingerprint density at radius 2 is 2.00 bits per heavy atom. The number of amides is 2. The Kier molecular flexibility index (Phi) is 4.81. The Hall–Kier alpha value is -1.36. The van der Waals surface area contributed by atoms with Crippen molar-refractivity contribution in [3.63, 3.8) is 0 Å². The first-order valence-electron chi connectivity index (χ1n) is 7.39.